The fourth-order valence-electron chi connectivity index (χ4n) is 2.23. The van der Waals surface area contributed by atoms with Crippen LogP contribution in [0.1, 0.15) is 5.69 Å². The lowest BCUT2D eigenvalue weighted by Crippen LogP contribution is -1.90. The minimum absolute atomic E-state index is 0.709. The third-order valence-electron chi connectivity index (χ3n) is 3.17. The molecule has 2 heterocycles. The largest absolute Gasteiger partial charge is 0.493 e. The Morgan fingerprint density at radius 1 is 1.21 bits per heavy atom. The number of fused-ring (bicyclic) bond motifs is 1. The molecule has 0 spiro atoms. The van der Waals surface area contributed by atoms with Crippen LogP contribution in [0.5, 0.6) is 5.75 Å². The van der Waals surface area contributed by atoms with Crippen molar-refractivity contribution in [3.8, 4) is 17.0 Å². The van der Waals surface area contributed by atoms with E-state index in [1.807, 2.05) is 53.9 Å². The van der Waals surface area contributed by atoms with E-state index in [9.17, 15) is 0 Å². The quantitative estimate of drug-likeness (QED) is 0.706. The Balaban J connectivity index is 2.28. The Morgan fingerprint density at radius 3 is 2.79 bits per heavy atom. The van der Waals surface area contributed by atoms with Crippen LogP contribution in [0.3, 0.4) is 0 Å². The van der Waals surface area contributed by atoms with Crippen molar-refractivity contribution in [2.75, 3.05) is 7.11 Å². The van der Waals surface area contributed by atoms with Gasteiger partial charge in [0.05, 0.1) is 12.8 Å². The normalized spacial score (nSPS) is 10.9. The van der Waals surface area contributed by atoms with Gasteiger partial charge in [-0.3, -0.25) is 0 Å². The van der Waals surface area contributed by atoms with E-state index in [4.69, 9.17) is 16.3 Å². The number of hydrogen-bond acceptors (Lipinski definition) is 2. The van der Waals surface area contributed by atoms with Crippen LogP contribution in [-0.4, -0.2) is 16.5 Å². The van der Waals surface area contributed by atoms with E-state index in [0.29, 0.717) is 5.02 Å². The topological polar surface area (TPSA) is 26.5 Å². The average Bonchev–Trinajstić information content (AvgIpc) is 2.76. The zero-order chi connectivity index (χ0) is 13.4. The number of rotatable bonds is 2. The molecule has 3 rings (SSSR count). The van der Waals surface area contributed by atoms with Gasteiger partial charge >= 0.3 is 0 Å². The molecule has 0 saturated carbocycles. The summed E-state index contributed by atoms with van der Waals surface area (Å²) < 4.78 is 7.37. The maximum absolute atomic E-state index is 6.05. The van der Waals surface area contributed by atoms with Gasteiger partial charge in [0.2, 0.25) is 0 Å². The molecule has 4 heteroatoms. The smallest absolute Gasteiger partial charge is 0.180 e. The second-order valence-corrected chi connectivity index (χ2v) is 4.76. The second kappa shape index (κ2) is 4.59. The summed E-state index contributed by atoms with van der Waals surface area (Å²) >= 11 is 6.05. The number of nitrogens with zero attached hydrogens (tertiary/aromatic N) is 2. The molecule has 0 amide bonds. The van der Waals surface area contributed by atoms with Gasteiger partial charge in [0.1, 0.15) is 0 Å². The van der Waals surface area contributed by atoms with E-state index < -0.39 is 0 Å². The number of benzene rings is 1. The van der Waals surface area contributed by atoms with Gasteiger partial charge in [-0.25, -0.2) is 4.98 Å². The molecule has 1 aromatic carbocycles. The highest BCUT2D eigenvalue weighted by Crippen LogP contribution is 2.29. The van der Waals surface area contributed by atoms with E-state index in [2.05, 4.69) is 4.98 Å². The van der Waals surface area contributed by atoms with Crippen molar-refractivity contribution < 1.29 is 4.74 Å². The summed E-state index contributed by atoms with van der Waals surface area (Å²) in [5.74, 6) is 0.763. The van der Waals surface area contributed by atoms with Gasteiger partial charge < -0.3 is 9.14 Å². The Hall–Kier alpha value is -2.00. The number of imidazole rings is 1. The number of aryl methyl sites for hydroxylation is 1. The van der Waals surface area contributed by atoms with Crippen molar-refractivity contribution in [1.29, 1.82) is 0 Å². The predicted molar refractivity (Wildman–Crippen MR) is 76.9 cm³/mol. The minimum atomic E-state index is 0.709. The summed E-state index contributed by atoms with van der Waals surface area (Å²) in [6.07, 6.45) is 1.98. The van der Waals surface area contributed by atoms with Gasteiger partial charge in [-0.2, -0.15) is 0 Å². The lowest BCUT2D eigenvalue weighted by atomic mass is 10.1. The molecule has 2 aromatic heterocycles. The highest BCUT2D eigenvalue weighted by atomic mass is 35.5. The van der Waals surface area contributed by atoms with Crippen LogP contribution in [0.25, 0.3) is 16.9 Å². The second-order valence-electron chi connectivity index (χ2n) is 4.33. The fourth-order valence-corrected chi connectivity index (χ4v) is 2.42. The summed E-state index contributed by atoms with van der Waals surface area (Å²) in [7, 11) is 1.65. The van der Waals surface area contributed by atoms with E-state index in [-0.39, 0.29) is 0 Å². The first kappa shape index (κ1) is 12.1. The zero-order valence-corrected chi connectivity index (χ0v) is 11.5. The monoisotopic (exact) mass is 272 g/mol. The summed E-state index contributed by atoms with van der Waals surface area (Å²) in [5.41, 5.74) is 3.82. The van der Waals surface area contributed by atoms with Gasteiger partial charge in [-0.15, -0.1) is 0 Å². The molecular weight excluding hydrogens is 260 g/mol. The van der Waals surface area contributed by atoms with Gasteiger partial charge in [0.25, 0.3) is 0 Å². The Labute approximate surface area is 116 Å². The van der Waals surface area contributed by atoms with Crippen molar-refractivity contribution in [1.82, 2.24) is 9.38 Å². The van der Waals surface area contributed by atoms with Crippen LogP contribution in [-0.2, 0) is 0 Å². The lowest BCUT2D eigenvalue weighted by Gasteiger charge is -2.01. The molecule has 0 N–H and O–H groups in total. The van der Waals surface area contributed by atoms with Crippen LogP contribution >= 0.6 is 11.6 Å². The van der Waals surface area contributed by atoms with Gasteiger partial charge in [-0.05, 0) is 31.2 Å². The molecule has 0 fully saturated rings. The number of aromatic nitrogens is 2. The van der Waals surface area contributed by atoms with Gasteiger partial charge in [0.15, 0.2) is 11.4 Å². The Morgan fingerprint density at radius 2 is 2.05 bits per heavy atom. The molecule has 0 saturated heterocycles. The van der Waals surface area contributed by atoms with Crippen LogP contribution < -0.4 is 4.74 Å². The first-order valence-corrected chi connectivity index (χ1v) is 6.36. The van der Waals surface area contributed by atoms with Crippen molar-refractivity contribution >= 4 is 17.2 Å². The van der Waals surface area contributed by atoms with E-state index >= 15 is 0 Å². The first-order valence-electron chi connectivity index (χ1n) is 5.98. The third-order valence-corrected chi connectivity index (χ3v) is 3.41. The minimum Gasteiger partial charge on any atom is -0.493 e. The fraction of sp³-hybridized carbons (Fsp3) is 0.133. The maximum atomic E-state index is 6.05. The van der Waals surface area contributed by atoms with Crippen LogP contribution in [0, 0.1) is 6.92 Å². The number of pyridine rings is 1. The molecule has 0 aliphatic heterocycles. The molecule has 0 aliphatic rings. The van der Waals surface area contributed by atoms with Crippen LogP contribution in [0.4, 0.5) is 0 Å². The van der Waals surface area contributed by atoms with Crippen molar-refractivity contribution in [2.45, 2.75) is 6.92 Å². The molecule has 3 nitrogen and oxygen atoms in total. The number of ether oxygens (including phenoxy) is 1. The SMILES string of the molecule is COc1cccn2c(C)c(-c3cccc(Cl)c3)nc12. The van der Waals surface area contributed by atoms with E-state index in [1.165, 1.54) is 0 Å². The summed E-state index contributed by atoms with van der Waals surface area (Å²) in [6.45, 7) is 2.04. The van der Waals surface area contributed by atoms with Crippen molar-refractivity contribution in [3.05, 3.63) is 53.3 Å². The summed E-state index contributed by atoms with van der Waals surface area (Å²) in [6, 6.07) is 11.6. The number of hydrogen-bond donors (Lipinski definition) is 0. The highest BCUT2D eigenvalue weighted by molar-refractivity contribution is 6.30. The summed E-state index contributed by atoms with van der Waals surface area (Å²) in [4.78, 5) is 4.67. The zero-order valence-electron chi connectivity index (χ0n) is 10.7. The molecule has 0 aliphatic carbocycles. The first-order chi connectivity index (χ1) is 9.20. The molecule has 0 bridgehead atoms. The highest BCUT2D eigenvalue weighted by Gasteiger charge is 2.13. The standard InChI is InChI=1S/C15H13ClN2O/c1-10-14(11-5-3-6-12(16)9-11)17-15-13(19-2)7-4-8-18(10)15/h3-9H,1-2H3. The Bertz CT molecular complexity index is 749. The molecule has 0 atom stereocenters. The molecule has 0 unspecified atom stereocenters. The van der Waals surface area contributed by atoms with E-state index in [0.717, 1.165) is 28.3 Å². The number of halogens is 1. The van der Waals surface area contributed by atoms with Gasteiger partial charge in [-0.1, -0.05) is 23.7 Å². The molecule has 96 valence electrons. The Kier molecular flexibility index (Phi) is 2.91. The predicted octanol–water partition coefficient (Wildman–Crippen LogP) is 3.97. The third kappa shape index (κ3) is 1.96. The maximum Gasteiger partial charge on any atom is 0.180 e. The average molecular weight is 273 g/mol. The number of methoxy groups -OCH3 is 1. The van der Waals surface area contributed by atoms with Crippen molar-refractivity contribution in [2.24, 2.45) is 0 Å². The molecular formula is C15H13ClN2O. The van der Waals surface area contributed by atoms with Crippen molar-refractivity contribution in [3.63, 3.8) is 0 Å². The molecule has 3 aromatic rings. The summed E-state index contributed by atoms with van der Waals surface area (Å²) in [5, 5.41) is 0.709. The van der Waals surface area contributed by atoms with Gasteiger partial charge in [0, 0.05) is 22.5 Å². The van der Waals surface area contributed by atoms with Crippen LogP contribution in [0.15, 0.2) is 42.6 Å². The van der Waals surface area contributed by atoms with E-state index in [1.54, 1.807) is 7.11 Å². The van der Waals surface area contributed by atoms with Crippen LogP contribution in [0.2, 0.25) is 5.02 Å². The lowest BCUT2D eigenvalue weighted by molar-refractivity contribution is 0.417. The molecule has 19 heavy (non-hydrogen) atoms. The molecule has 0 radical (unpaired) electrons.